The van der Waals surface area contributed by atoms with E-state index in [1.165, 1.54) is 12.8 Å². The minimum Gasteiger partial charge on any atom is -0.356 e. The fourth-order valence-corrected chi connectivity index (χ4v) is 2.60. The van der Waals surface area contributed by atoms with Crippen LogP contribution in [0.2, 0.25) is 0 Å². The van der Waals surface area contributed by atoms with Gasteiger partial charge in [-0.25, -0.2) is 0 Å². The number of nitrogens with zero attached hydrogens (tertiary/aromatic N) is 1. The molecule has 20 heavy (non-hydrogen) atoms. The van der Waals surface area contributed by atoms with Gasteiger partial charge in [-0.05, 0) is 44.6 Å². The van der Waals surface area contributed by atoms with Crippen molar-refractivity contribution in [2.45, 2.75) is 39.0 Å². The predicted octanol–water partition coefficient (Wildman–Crippen LogP) is 0.751. The number of carbonyl (C=O) groups excluding carboxylic acids is 2. The number of rotatable bonds is 7. The van der Waals surface area contributed by atoms with E-state index in [0.29, 0.717) is 19.6 Å². The van der Waals surface area contributed by atoms with Gasteiger partial charge < -0.3 is 15.5 Å². The minimum absolute atomic E-state index is 0.0880. The molecule has 2 amide bonds. The molecule has 0 radical (unpaired) electrons. The molecule has 2 N–H and O–H groups in total. The molecule has 5 heteroatoms. The van der Waals surface area contributed by atoms with Crippen molar-refractivity contribution >= 4 is 11.8 Å². The molecule has 0 aromatic rings. The molecule has 1 aliphatic carbocycles. The zero-order valence-electron chi connectivity index (χ0n) is 12.5. The minimum atomic E-state index is 0.0880. The van der Waals surface area contributed by atoms with Gasteiger partial charge in [0.15, 0.2) is 0 Å². The Hall–Kier alpha value is -1.10. The standard InChI is InChI=1S/C15H27N3O2/c1-2-7-17-15(20)13-5-8-18(9-6-13)14(19)11-16-10-12-3-4-12/h12-13,16H,2-11H2,1H3,(H,17,20). The smallest absolute Gasteiger partial charge is 0.236 e. The fraction of sp³-hybridized carbons (Fsp3) is 0.867. The highest BCUT2D eigenvalue weighted by atomic mass is 16.2. The third-order valence-electron chi connectivity index (χ3n) is 4.17. The summed E-state index contributed by atoms with van der Waals surface area (Å²) in [6.07, 6.45) is 5.17. The van der Waals surface area contributed by atoms with Gasteiger partial charge in [0.25, 0.3) is 0 Å². The van der Waals surface area contributed by atoms with Gasteiger partial charge in [-0.15, -0.1) is 0 Å². The largest absolute Gasteiger partial charge is 0.356 e. The number of hydrogen-bond donors (Lipinski definition) is 2. The summed E-state index contributed by atoms with van der Waals surface area (Å²) in [4.78, 5) is 25.8. The second-order valence-corrected chi connectivity index (χ2v) is 6.02. The van der Waals surface area contributed by atoms with Crippen LogP contribution in [0.1, 0.15) is 39.0 Å². The number of amides is 2. The molecule has 1 aliphatic heterocycles. The van der Waals surface area contributed by atoms with Gasteiger partial charge in [-0.3, -0.25) is 9.59 Å². The SMILES string of the molecule is CCCNC(=O)C1CCN(C(=O)CNCC2CC2)CC1. The van der Waals surface area contributed by atoms with Crippen molar-refractivity contribution in [3.05, 3.63) is 0 Å². The third kappa shape index (κ3) is 4.78. The van der Waals surface area contributed by atoms with Gasteiger partial charge in [0, 0.05) is 25.6 Å². The first-order chi connectivity index (χ1) is 9.70. The monoisotopic (exact) mass is 281 g/mol. The van der Waals surface area contributed by atoms with E-state index >= 15 is 0 Å². The van der Waals surface area contributed by atoms with E-state index in [1.54, 1.807) is 0 Å². The van der Waals surface area contributed by atoms with Crippen LogP contribution < -0.4 is 10.6 Å². The molecular weight excluding hydrogens is 254 g/mol. The van der Waals surface area contributed by atoms with E-state index in [-0.39, 0.29) is 17.7 Å². The summed E-state index contributed by atoms with van der Waals surface area (Å²) in [6, 6.07) is 0. The Bertz CT molecular complexity index is 334. The van der Waals surface area contributed by atoms with Crippen LogP contribution in [0.25, 0.3) is 0 Å². The molecule has 2 fully saturated rings. The molecule has 0 aromatic carbocycles. The average Bonchev–Trinajstić information content (AvgIpc) is 3.29. The Morgan fingerprint density at radius 3 is 2.45 bits per heavy atom. The van der Waals surface area contributed by atoms with Crippen LogP contribution in [0.15, 0.2) is 0 Å². The topological polar surface area (TPSA) is 61.4 Å². The Morgan fingerprint density at radius 2 is 1.85 bits per heavy atom. The van der Waals surface area contributed by atoms with Crippen LogP contribution in [0.5, 0.6) is 0 Å². The highest BCUT2D eigenvalue weighted by Gasteiger charge is 2.27. The molecule has 0 spiro atoms. The van der Waals surface area contributed by atoms with Crippen LogP contribution in [0.3, 0.4) is 0 Å². The molecule has 0 unspecified atom stereocenters. The first-order valence-electron chi connectivity index (χ1n) is 7.97. The average molecular weight is 281 g/mol. The fourth-order valence-electron chi connectivity index (χ4n) is 2.60. The van der Waals surface area contributed by atoms with Gasteiger partial charge in [-0.2, -0.15) is 0 Å². The maximum Gasteiger partial charge on any atom is 0.236 e. The lowest BCUT2D eigenvalue weighted by Gasteiger charge is -2.31. The van der Waals surface area contributed by atoms with Crippen LogP contribution in [-0.2, 0) is 9.59 Å². The van der Waals surface area contributed by atoms with Crippen molar-refractivity contribution in [2.75, 3.05) is 32.7 Å². The third-order valence-corrected chi connectivity index (χ3v) is 4.17. The number of carbonyl (C=O) groups is 2. The van der Waals surface area contributed by atoms with Gasteiger partial charge in [0.05, 0.1) is 6.54 Å². The number of hydrogen-bond acceptors (Lipinski definition) is 3. The van der Waals surface area contributed by atoms with Crippen molar-refractivity contribution in [1.82, 2.24) is 15.5 Å². The van der Waals surface area contributed by atoms with E-state index < -0.39 is 0 Å². The van der Waals surface area contributed by atoms with E-state index in [9.17, 15) is 9.59 Å². The number of nitrogens with one attached hydrogen (secondary N) is 2. The number of piperidine rings is 1. The summed E-state index contributed by atoms with van der Waals surface area (Å²) in [5.74, 6) is 1.23. The summed E-state index contributed by atoms with van der Waals surface area (Å²) in [5, 5.41) is 6.18. The lowest BCUT2D eigenvalue weighted by Crippen LogP contribution is -2.46. The number of likely N-dealkylation sites (tertiary alicyclic amines) is 1. The highest BCUT2D eigenvalue weighted by molar-refractivity contribution is 5.80. The quantitative estimate of drug-likeness (QED) is 0.724. The van der Waals surface area contributed by atoms with E-state index in [4.69, 9.17) is 0 Å². The predicted molar refractivity (Wildman–Crippen MR) is 78.2 cm³/mol. The molecule has 1 saturated carbocycles. The Balaban J connectivity index is 1.62. The maximum absolute atomic E-state index is 12.0. The van der Waals surface area contributed by atoms with Crippen LogP contribution in [-0.4, -0.2) is 49.4 Å². The molecule has 5 nitrogen and oxygen atoms in total. The van der Waals surface area contributed by atoms with Crippen molar-refractivity contribution in [2.24, 2.45) is 11.8 Å². The molecule has 2 rings (SSSR count). The molecule has 0 bridgehead atoms. The van der Waals surface area contributed by atoms with Crippen molar-refractivity contribution in [1.29, 1.82) is 0 Å². The highest BCUT2D eigenvalue weighted by Crippen LogP contribution is 2.27. The van der Waals surface area contributed by atoms with Crippen molar-refractivity contribution in [3.8, 4) is 0 Å². The van der Waals surface area contributed by atoms with Crippen LogP contribution in [0, 0.1) is 11.8 Å². The van der Waals surface area contributed by atoms with Gasteiger partial charge in [-0.1, -0.05) is 6.92 Å². The molecular formula is C15H27N3O2. The van der Waals surface area contributed by atoms with Crippen LogP contribution in [0.4, 0.5) is 0 Å². The summed E-state index contributed by atoms with van der Waals surface area (Å²) in [6.45, 7) is 5.66. The van der Waals surface area contributed by atoms with Crippen molar-refractivity contribution in [3.63, 3.8) is 0 Å². The Labute approximate surface area is 121 Å². The van der Waals surface area contributed by atoms with E-state index in [0.717, 1.165) is 38.3 Å². The lowest BCUT2D eigenvalue weighted by atomic mass is 9.96. The molecule has 1 saturated heterocycles. The summed E-state index contributed by atoms with van der Waals surface area (Å²) >= 11 is 0. The zero-order valence-corrected chi connectivity index (χ0v) is 12.5. The normalized spacial score (nSPS) is 19.9. The van der Waals surface area contributed by atoms with Gasteiger partial charge >= 0.3 is 0 Å². The first-order valence-corrected chi connectivity index (χ1v) is 7.97. The molecule has 0 aromatic heterocycles. The second-order valence-electron chi connectivity index (χ2n) is 6.02. The first kappa shape index (κ1) is 15.3. The molecule has 0 atom stereocenters. The summed E-state index contributed by atoms with van der Waals surface area (Å²) < 4.78 is 0. The zero-order chi connectivity index (χ0) is 14.4. The lowest BCUT2D eigenvalue weighted by molar-refractivity contribution is -0.134. The summed E-state index contributed by atoms with van der Waals surface area (Å²) in [5.41, 5.74) is 0. The van der Waals surface area contributed by atoms with Crippen LogP contribution >= 0.6 is 0 Å². The van der Waals surface area contributed by atoms with E-state index in [1.807, 2.05) is 4.90 Å². The molecule has 2 aliphatic rings. The second kappa shape index (κ2) is 7.62. The molecule has 1 heterocycles. The van der Waals surface area contributed by atoms with E-state index in [2.05, 4.69) is 17.6 Å². The van der Waals surface area contributed by atoms with Crippen molar-refractivity contribution < 1.29 is 9.59 Å². The Kier molecular flexibility index (Phi) is 5.83. The Morgan fingerprint density at radius 1 is 1.15 bits per heavy atom. The van der Waals surface area contributed by atoms with Gasteiger partial charge in [0.1, 0.15) is 0 Å². The maximum atomic E-state index is 12.0. The summed E-state index contributed by atoms with van der Waals surface area (Å²) in [7, 11) is 0. The van der Waals surface area contributed by atoms with Gasteiger partial charge in [0.2, 0.25) is 11.8 Å². The molecule has 114 valence electrons.